The van der Waals surface area contributed by atoms with Crippen molar-refractivity contribution in [1.29, 1.82) is 0 Å². The molecule has 0 aliphatic carbocycles. The van der Waals surface area contributed by atoms with Gasteiger partial charge in [0.25, 0.3) is 0 Å². The number of phenols is 1. The predicted molar refractivity (Wildman–Crippen MR) is 300 cm³/mol. The van der Waals surface area contributed by atoms with Gasteiger partial charge in [0.15, 0.2) is 11.6 Å². The van der Waals surface area contributed by atoms with Crippen molar-refractivity contribution in [3.63, 3.8) is 0 Å². The molecule has 0 saturated carbocycles. The third kappa shape index (κ3) is 11.9. The third-order valence-corrected chi connectivity index (χ3v) is 14.5. The van der Waals surface area contributed by atoms with Gasteiger partial charge in [0.2, 0.25) is 0 Å². The SMILES string of the molecule is COc1cc(F)c2c(c1)CC(=O)Oc1cc(C)c(C)cc1-2.COc1cc2c(cc1F)-c1cc(Cl)c(C)cc1OC(=O)C2.COc1ccc2c(c1)CC(=O)Oc1cc(C)c(C)cc1-2.Cc1ccc2c(c1)OC(=O)Cc1cc(O)ccc1-2. The van der Waals surface area contributed by atoms with E-state index < -0.39 is 23.6 Å². The zero-order valence-electron chi connectivity index (χ0n) is 45.4. The molecule has 0 aromatic heterocycles. The Morgan fingerprint density at radius 1 is 0.412 bits per heavy atom. The van der Waals surface area contributed by atoms with Gasteiger partial charge in [0.05, 0.1) is 47.0 Å². The number of rotatable bonds is 3. The lowest BCUT2D eigenvalue weighted by Crippen LogP contribution is -2.09. The summed E-state index contributed by atoms with van der Waals surface area (Å²) in [5, 5.41) is 10.0. The van der Waals surface area contributed by atoms with E-state index in [0.29, 0.717) is 67.2 Å². The van der Waals surface area contributed by atoms with Crippen molar-refractivity contribution in [3.05, 3.63) is 188 Å². The number of hydrogen-bond acceptors (Lipinski definition) is 12. The maximum absolute atomic E-state index is 14.5. The highest BCUT2D eigenvalue weighted by atomic mass is 35.5. The van der Waals surface area contributed by atoms with E-state index in [4.69, 9.17) is 44.8 Å². The summed E-state index contributed by atoms with van der Waals surface area (Å²) in [6.45, 7) is 11.7. The molecule has 0 radical (unpaired) electrons. The van der Waals surface area contributed by atoms with Gasteiger partial charge >= 0.3 is 23.9 Å². The average molecular weight is 1100 g/mol. The number of carbonyl (C=O) groups excluding carboxylic acids is 4. The Morgan fingerprint density at radius 3 is 1.48 bits per heavy atom. The zero-order valence-corrected chi connectivity index (χ0v) is 46.1. The third-order valence-electron chi connectivity index (χ3n) is 14.1. The molecule has 8 aromatic rings. The molecule has 8 aromatic carbocycles. The van der Waals surface area contributed by atoms with E-state index in [9.17, 15) is 33.1 Å². The lowest BCUT2D eigenvalue weighted by Gasteiger charge is -2.13. The number of esters is 4. The van der Waals surface area contributed by atoms with Crippen LogP contribution in [0.2, 0.25) is 5.02 Å². The number of benzene rings is 8. The molecule has 12 rings (SSSR count). The normalized spacial score (nSPS) is 13.1. The first-order valence-corrected chi connectivity index (χ1v) is 25.8. The van der Waals surface area contributed by atoms with E-state index in [2.05, 4.69) is 13.0 Å². The second kappa shape index (κ2) is 23.1. The maximum atomic E-state index is 14.5. The summed E-state index contributed by atoms with van der Waals surface area (Å²) >= 11 is 6.14. The Hall–Kier alpha value is -9.01. The molecule has 0 fully saturated rings. The number of halogens is 3. The van der Waals surface area contributed by atoms with Gasteiger partial charge in [-0.05, 0) is 199 Å². The predicted octanol–water partition coefficient (Wildman–Crippen LogP) is 13.8. The van der Waals surface area contributed by atoms with Crippen LogP contribution in [0.3, 0.4) is 0 Å². The van der Waals surface area contributed by atoms with E-state index in [1.165, 1.54) is 38.0 Å². The topological polar surface area (TPSA) is 153 Å². The van der Waals surface area contributed by atoms with Gasteiger partial charge in [-0.25, -0.2) is 8.78 Å². The minimum absolute atomic E-state index is 0.0240. The summed E-state index contributed by atoms with van der Waals surface area (Å²) in [5.74, 6) is 1.21. The highest BCUT2D eigenvalue weighted by Crippen LogP contribution is 2.44. The molecule has 4 aliphatic rings. The van der Waals surface area contributed by atoms with Gasteiger partial charge < -0.3 is 38.3 Å². The molecular formula is C65H55ClF2O12. The van der Waals surface area contributed by atoms with E-state index in [1.807, 2.05) is 89.2 Å². The summed E-state index contributed by atoms with van der Waals surface area (Å²) in [7, 11) is 4.48. The standard InChI is InChI=1S/C17H15FO3.C17H16O3.C16H12ClFO3.C15H12O3/c1-9-4-13-15(5-10(9)2)21-16(19)7-11-6-12(20-3)8-14(18)17(11)13;1-10-6-15-14-5-4-13(19-3)8-12(14)9-17(18)20-16(15)7-11(10)2;1-8-3-14-11(6-12(8)17)10-7-13(18)15(20-2)4-9(10)5-16(19)21-14;1-9-2-4-13-12-5-3-11(16)7-10(12)8-15(17)18-14(13)6-9/h4-6,8H,7H2,1-3H3;4-8H,9H2,1-3H3;3-4,6-7H,5H2,1-2H3;2-7,16H,8H2,1H3. The minimum Gasteiger partial charge on any atom is -0.508 e. The van der Waals surface area contributed by atoms with E-state index in [0.717, 1.165) is 66.9 Å². The van der Waals surface area contributed by atoms with Crippen LogP contribution < -0.4 is 33.2 Å². The maximum Gasteiger partial charge on any atom is 0.315 e. The Labute approximate surface area is 466 Å². The van der Waals surface area contributed by atoms with Crippen molar-refractivity contribution in [2.24, 2.45) is 0 Å². The van der Waals surface area contributed by atoms with Gasteiger partial charge in [-0.3, -0.25) is 19.2 Å². The first kappa shape index (κ1) is 55.7. The Bertz CT molecular complexity index is 3790. The first-order valence-electron chi connectivity index (χ1n) is 25.4. The molecule has 15 heteroatoms. The van der Waals surface area contributed by atoms with Crippen LogP contribution in [0.25, 0.3) is 44.5 Å². The summed E-state index contributed by atoms with van der Waals surface area (Å²) in [6, 6.07) is 33.6. The quantitative estimate of drug-likeness (QED) is 0.132. The number of fused-ring (bicyclic) bond motifs is 12. The van der Waals surface area contributed by atoms with Gasteiger partial charge in [-0.1, -0.05) is 35.9 Å². The summed E-state index contributed by atoms with van der Waals surface area (Å²) < 4.78 is 65.3. The highest BCUT2D eigenvalue weighted by Gasteiger charge is 2.28. The molecule has 0 spiro atoms. The van der Waals surface area contributed by atoms with Crippen molar-refractivity contribution < 1.29 is 66.2 Å². The molecule has 12 nitrogen and oxygen atoms in total. The lowest BCUT2D eigenvalue weighted by atomic mass is 9.94. The number of ether oxygens (including phenoxy) is 7. The van der Waals surface area contributed by atoms with Crippen molar-refractivity contribution in [2.75, 3.05) is 21.3 Å². The van der Waals surface area contributed by atoms with E-state index in [-0.39, 0.29) is 49.1 Å². The Kier molecular flexibility index (Phi) is 16.1. The van der Waals surface area contributed by atoms with Crippen molar-refractivity contribution in [1.82, 2.24) is 0 Å². The fourth-order valence-corrected chi connectivity index (χ4v) is 9.90. The molecule has 4 aliphatic heterocycles. The number of aromatic hydroxyl groups is 1. The van der Waals surface area contributed by atoms with Crippen LogP contribution in [0.5, 0.6) is 46.0 Å². The number of methoxy groups -OCH3 is 3. The van der Waals surface area contributed by atoms with Gasteiger partial charge in [-0.15, -0.1) is 0 Å². The monoisotopic (exact) mass is 1100 g/mol. The molecule has 0 atom stereocenters. The lowest BCUT2D eigenvalue weighted by molar-refractivity contribution is -0.134. The van der Waals surface area contributed by atoms with Crippen molar-refractivity contribution in [2.45, 2.75) is 67.2 Å². The molecule has 0 amide bonds. The van der Waals surface area contributed by atoms with Gasteiger partial charge in [0, 0.05) is 38.9 Å². The molecule has 4 heterocycles. The van der Waals surface area contributed by atoms with Crippen LogP contribution in [0.15, 0.2) is 115 Å². The molecule has 80 heavy (non-hydrogen) atoms. The summed E-state index contributed by atoms with van der Waals surface area (Å²) in [5.41, 5.74) is 15.2. The fourth-order valence-electron chi connectivity index (χ4n) is 9.74. The van der Waals surface area contributed by atoms with E-state index in [1.54, 1.807) is 43.5 Å². The minimum atomic E-state index is -0.492. The number of carbonyl (C=O) groups is 4. The number of aryl methyl sites for hydroxylation is 6. The van der Waals surface area contributed by atoms with Gasteiger partial charge in [0.1, 0.15) is 46.1 Å². The van der Waals surface area contributed by atoms with Crippen LogP contribution in [0, 0.1) is 53.2 Å². The van der Waals surface area contributed by atoms with Gasteiger partial charge in [-0.2, -0.15) is 0 Å². The Morgan fingerprint density at radius 2 is 0.875 bits per heavy atom. The van der Waals surface area contributed by atoms with Crippen molar-refractivity contribution >= 4 is 35.5 Å². The van der Waals surface area contributed by atoms with Crippen molar-refractivity contribution in [3.8, 4) is 90.5 Å². The second-order valence-corrected chi connectivity index (χ2v) is 20.1. The molecule has 0 unspecified atom stereocenters. The smallest absolute Gasteiger partial charge is 0.315 e. The molecule has 1 N–H and O–H groups in total. The zero-order chi connectivity index (χ0) is 57.3. The fraction of sp³-hybridized carbons (Fsp3) is 0.200. The highest BCUT2D eigenvalue weighted by molar-refractivity contribution is 6.31. The van der Waals surface area contributed by atoms with E-state index >= 15 is 0 Å². The van der Waals surface area contributed by atoms with Crippen LogP contribution >= 0.6 is 11.6 Å². The second-order valence-electron chi connectivity index (χ2n) is 19.7. The molecule has 0 saturated heterocycles. The molecule has 0 bridgehead atoms. The largest absolute Gasteiger partial charge is 0.508 e. The molecule has 408 valence electrons. The first-order chi connectivity index (χ1) is 38.2. The summed E-state index contributed by atoms with van der Waals surface area (Å²) in [6.07, 6.45) is 0.518. The molecular weight excluding hydrogens is 1050 g/mol. The van der Waals surface area contributed by atoms with Crippen LogP contribution in [0.1, 0.15) is 55.6 Å². The Balaban J connectivity index is 0.000000129. The number of phenolic OH excluding ortho intramolecular Hbond substituents is 1. The van der Waals surface area contributed by atoms with Crippen LogP contribution in [-0.4, -0.2) is 50.3 Å². The van der Waals surface area contributed by atoms with Crippen LogP contribution in [-0.2, 0) is 44.9 Å². The average Bonchev–Trinajstić information content (AvgIpc) is 3.77. The van der Waals surface area contributed by atoms with Crippen LogP contribution in [0.4, 0.5) is 8.78 Å². The summed E-state index contributed by atoms with van der Waals surface area (Å²) in [4.78, 5) is 47.5. The number of hydrogen-bond donors (Lipinski definition) is 1.